The lowest BCUT2D eigenvalue weighted by Crippen LogP contribution is -2.27. The molecule has 0 atom stereocenters. The predicted octanol–water partition coefficient (Wildman–Crippen LogP) is 7.66. The zero-order valence-electron chi connectivity index (χ0n) is 14.8. The van der Waals surface area contributed by atoms with Gasteiger partial charge in [0, 0.05) is 0 Å². The van der Waals surface area contributed by atoms with Crippen molar-refractivity contribution in [3.63, 3.8) is 0 Å². The molecule has 0 aliphatic heterocycles. The molecule has 0 heteroatoms. The second kappa shape index (κ2) is 9.90. The molecule has 0 aromatic rings. The van der Waals surface area contributed by atoms with E-state index in [-0.39, 0.29) is 0 Å². The van der Waals surface area contributed by atoms with Crippen LogP contribution >= 0.6 is 0 Å². The minimum atomic E-state index is 0.795. The summed E-state index contributed by atoms with van der Waals surface area (Å²) in [4.78, 5) is 0. The maximum absolute atomic E-state index is 2.31. The Morgan fingerprint density at radius 3 is 2.05 bits per heavy atom. The van der Waals surface area contributed by atoms with Crippen molar-refractivity contribution in [3.05, 3.63) is 0 Å². The molecule has 0 unspecified atom stereocenters. The summed E-state index contributed by atoms with van der Waals surface area (Å²) in [5.74, 6) is 1.11. The first-order valence-corrected chi connectivity index (χ1v) is 10.3. The summed E-state index contributed by atoms with van der Waals surface area (Å²) in [6, 6.07) is 0. The second-order valence-corrected chi connectivity index (χ2v) is 8.27. The Hall–Kier alpha value is 0. The normalized spacial score (nSPS) is 29.9. The van der Waals surface area contributed by atoms with Gasteiger partial charge in [-0.25, -0.2) is 0 Å². The van der Waals surface area contributed by atoms with Gasteiger partial charge in [-0.1, -0.05) is 84.0 Å². The molecule has 21 heavy (non-hydrogen) atoms. The molecule has 3 aliphatic carbocycles. The molecule has 0 radical (unpaired) electrons. The van der Waals surface area contributed by atoms with E-state index in [1.807, 2.05) is 0 Å². The first kappa shape index (κ1) is 17.4. The first-order valence-electron chi connectivity index (χ1n) is 10.3. The fourth-order valence-electron chi connectivity index (χ4n) is 4.95. The van der Waals surface area contributed by atoms with Crippen molar-refractivity contribution in [1.82, 2.24) is 0 Å². The Labute approximate surface area is 134 Å². The van der Waals surface area contributed by atoms with Gasteiger partial charge < -0.3 is 0 Å². The van der Waals surface area contributed by atoms with Crippen LogP contribution < -0.4 is 0 Å². The van der Waals surface area contributed by atoms with Crippen LogP contribution in [0.4, 0.5) is 0 Å². The third-order valence-corrected chi connectivity index (χ3v) is 6.55. The third-order valence-electron chi connectivity index (χ3n) is 6.55. The molecule has 3 aliphatic rings. The smallest absolute Gasteiger partial charge is 0.0297 e. The van der Waals surface area contributed by atoms with Gasteiger partial charge in [0.1, 0.15) is 0 Å². The molecule has 0 heterocycles. The highest BCUT2D eigenvalue weighted by Crippen LogP contribution is 2.48. The van der Waals surface area contributed by atoms with Gasteiger partial charge in [-0.2, -0.15) is 0 Å². The highest BCUT2D eigenvalue weighted by Gasteiger charge is 2.34. The summed E-state index contributed by atoms with van der Waals surface area (Å²) < 4.78 is 0. The van der Waals surface area contributed by atoms with Crippen LogP contribution in [0.15, 0.2) is 0 Å². The largest absolute Gasteiger partial charge is 0.0654 e. The van der Waals surface area contributed by atoms with E-state index in [4.69, 9.17) is 0 Å². The molecular weight excluding hydrogens is 252 g/mol. The number of hydrogen-bond acceptors (Lipinski definition) is 0. The summed E-state index contributed by atoms with van der Waals surface area (Å²) in [6.07, 6.45) is 27.4. The van der Waals surface area contributed by atoms with E-state index in [9.17, 15) is 0 Å². The second-order valence-electron chi connectivity index (χ2n) is 8.27. The highest BCUT2D eigenvalue weighted by molar-refractivity contribution is 4.87. The van der Waals surface area contributed by atoms with Crippen LogP contribution in [-0.4, -0.2) is 0 Å². The Bertz CT molecular complexity index is 241. The molecule has 0 N–H and O–H groups in total. The van der Waals surface area contributed by atoms with Gasteiger partial charge in [-0.05, 0) is 49.9 Å². The van der Waals surface area contributed by atoms with Crippen molar-refractivity contribution in [2.24, 2.45) is 11.3 Å². The van der Waals surface area contributed by atoms with E-state index in [1.54, 1.807) is 44.9 Å². The van der Waals surface area contributed by atoms with E-state index < -0.39 is 0 Å². The van der Waals surface area contributed by atoms with E-state index in [1.165, 1.54) is 70.6 Å². The zero-order valence-corrected chi connectivity index (χ0v) is 14.8. The molecule has 0 aromatic carbocycles. The summed E-state index contributed by atoms with van der Waals surface area (Å²) in [5.41, 5.74) is 0.795. The average molecular weight is 293 g/mol. The van der Waals surface area contributed by atoms with Crippen molar-refractivity contribution >= 4 is 0 Å². The third kappa shape index (κ3) is 6.33. The van der Waals surface area contributed by atoms with Crippen molar-refractivity contribution in [1.29, 1.82) is 0 Å². The molecule has 2 bridgehead atoms. The SMILES string of the molecule is CCCCCCCCCCC12CCCCCC(CC1)CC2. The summed E-state index contributed by atoms with van der Waals surface area (Å²) in [7, 11) is 0. The maximum atomic E-state index is 2.31. The van der Waals surface area contributed by atoms with Crippen molar-refractivity contribution < 1.29 is 0 Å². The predicted molar refractivity (Wildman–Crippen MR) is 94.7 cm³/mol. The molecule has 0 aromatic heterocycles. The lowest BCUT2D eigenvalue weighted by atomic mass is 9.66. The van der Waals surface area contributed by atoms with E-state index in [0.29, 0.717) is 0 Å². The summed E-state index contributed by atoms with van der Waals surface area (Å²) in [6.45, 7) is 2.31. The monoisotopic (exact) mass is 292 g/mol. The van der Waals surface area contributed by atoms with Gasteiger partial charge in [0.15, 0.2) is 0 Å². The van der Waals surface area contributed by atoms with Crippen LogP contribution in [0.2, 0.25) is 0 Å². The molecule has 0 spiro atoms. The number of hydrogen-bond donors (Lipinski definition) is 0. The topological polar surface area (TPSA) is 0 Å². The summed E-state index contributed by atoms with van der Waals surface area (Å²) >= 11 is 0. The van der Waals surface area contributed by atoms with Gasteiger partial charge in [0.2, 0.25) is 0 Å². The fraction of sp³-hybridized carbons (Fsp3) is 1.00. The Morgan fingerprint density at radius 1 is 0.667 bits per heavy atom. The summed E-state index contributed by atoms with van der Waals surface area (Å²) in [5, 5.41) is 0. The maximum Gasteiger partial charge on any atom is -0.0297 e. The van der Waals surface area contributed by atoms with Gasteiger partial charge in [0.25, 0.3) is 0 Å². The molecule has 3 rings (SSSR count). The molecule has 0 amide bonds. The minimum Gasteiger partial charge on any atom is -0.0654 e. The van der Waals surface area contributed by atoms with Crippen LogP contribution in [0.25, 0.3) is 0 Å². The van der Waals surface area contributed by atoms with Gasteiger partial charge >= 0.3 is 0 Å². The minimum absolute atomic E-state index is 0.795. The molecule has 124 valence electrons. The van der Waals surface area contributed by atoms with Crippen LogP contribution in [0.3, 0.4) is 0 Å². The van der Waals surface area contributed by atoms with Gasteiger partial charge in [0.05, 0.1) is 0 Å². The number of rotatable bonds is 9. The molecular formula is C21H40. The van der Waals surface area contributed by atoms with E-state index in [2.05, 4.69) is 6.92 Å². The van der Waals surface area contributed by atoms with Crippen molar-refractivity contribution in [2.75, 3.05) is 0 Å². The molecule has 0 saturated heterocycles. The van der Waals surface area contributed by atoms with Crippen LogP contribution in [0.1, 0.15) is 122 Å². The van der Waals surface area contributed by atoms with Crippen LogP contribution in [0.5, 0.6) is 0 Å². The first-order chi connectivity index (χ1) is 10.3. The highest BCUT2D eigenvalue weighted by atomic mass is 14.4. The standard InChI is InChI=1S/C21H40/c1-2-3-4-5-6-7-8-11-16-21-17-12-9-10-13-20(14-18-21)15-19-21/h20H,2-19H2,1H3. The lowest BCUT2D eigenvalue weighted by Gasteiger charge is -2.40. The number of fused-ring (bicyclic) bond motifs is 6. The lowest BCUT2D eigenvalue weighted by molar-refractivity contribution is 0.122. The van der Waals surface area contributed by atoms with Crippen LogP contribution in [-0.2, 0) is 0 Å². The Morgan fingerprint density at radius 2 is 1.33 bits per heavy atom. The average Bonchev–Trinajstić information content (AvgIpc) is 2.67. The Kier molecular flexibility index (Phi) is 8.19. The molecule has 0 nitrogen and oxygen atoms in total. The molecule has 3 fully saturated rings. The van der Waals surface area contributed by atoms with Crippen LogP contribution in [0, 0.1) is 11.3 Å². The quantitative estimate of drug-likeness (QED) is 0.383. The Balaban J connectivity index is 1.59. The number of unbranched alkanes of at least 4 members (excludes halogenated alkanes) is 7. The fourth-order valence-corrected chi connectivity index (χ4v) is 4.95. The van der Waals surface area contributed by atoms with Gasteiger partial charge in [-0.15, -0.1) is 0 Å². The zero-order chi connectivity index (χ0) is 14.8. The van der Waals surface area contributed by atoms with Gasteiger partial charge in [-0.3, -0.25) is 0 Å². The van der Waals surface area contributed by atoms with E-state index in [0.717, 1.165) is 11.3 Å². The van der Waals surface area contributed by atoms with E-state index >= 15 is 0 Å². The molecule has 3 saturated carbocycles. The van der Waals surface area contributed by atoms with Crippen molar-refractivity contribution in [3.8, 4) is 0 Å². The van der Waals surface area contributed by atoms with Crippen molar-refractivity contribution in [2.45, 2.75) is 122 Å².